The lowest BCUT2D eigenvalue weighted by molar-refractivity contribution is -0.127. The van der Waals surface area contributed by atoms with E-state index in [1.54, 1.807) is 20.8 Å². The molecule has 150 valence electrons. The molecular weight excluding hydrogens is 442 g/mol. The van der Waals surface area contributed by atoms with E-state index in [0.29, 0.717) is 11.0 Å². The van der Waals surface area contributed by atoms with Gasteiger partial charge in [0.25, 0.3) is 5.91 Å². The number of benzene rings is 1. The first-order valence-electron chi connectivity index (χ1n) is 8.09. The molecule has 3 amide bonds. The van der Waals surface area contributed by atoms with Gasteiger partial charge in [0.1, 0.15) is 0 Å². The highest BCUT2D eigenvalue weighted by molar-refractivity contribution is 9.10. The van der Waals surface area contributed by atoms with Gasteiger partial charge in [0.15, 0.2) is 6.10 Å². The maximum Gasteiger partial charge on any atom is 0.340 e. The molecule has 0 bridgehead atoms. The zero-order valence-electron chi connectivity index (χ0n) is 15.3. The summed E-state index contributed by atoms with van der Waals surface area (Å²) in [5.74, 6) is -1.72. The van der Waals surface area contributed by atoms with Crippen LogP contribution in [0.4, 0.5) is 4.79 Å². The van der Waals surface area contributed by atoms with Crippen molar-refractivity contribution in [1.29, 1.82) is 0 Å². The fraction of sp³-hybridized carbons (Fsp3) is 0.438. The van der Waals surface area contributed by atoms with Gasteiger partial charge in [-0.15, -0.1) is 0 Å². The Hall–Kier alpha value is -1.98. The molecular formula is C16H22BrN3O6S. The number of amides is 3. The normalized spacial score (nSPS) is 12.4. The Morgan fingerprint density at radius 1 is 1.19 bits per heavy atom. The van der Waals surface area contributed by atoms with E-state index in [0.717, 1.165) is 6.07 Å². The summed E-state index contributed by atoms with van der Waals surface area (Å²) in [6.45, 7) is 6.63. The number of esters is 1. The number of sulfonamides is 1. The van der Waals surface area contributed by atoms with E-state index in [9.17, 15) is 22.8 Å². The number of carbonyl (C=O) groups excluding carboxylic acids is 3. The number of hydrogen-bond acceptors (Lipinski definition) is 6. The summed E-state index contributed by atoms with van der Waals surface area (Å²) in [7, 11) is -3.81. The Labute approximate surface area is 166 Å². The molecule has 0 aliphatic rings. The summed E-state index contributed by atoms with van der Waals surface area (Å²) in [5, 5.41) is 4.40. The molecule has 0 saturated carbocycles. The van der Waals surface area contributed by atoms with Crippen LogP contribution in [-0.4, -0.2) is 45.0 Å². The molecule has 0 saturated heterocycles. The minimum absolute atomic E-state index is 0.0701. The Kier molecular flexibility index (Phi) is 8.38. The lowest BCUT2D eigenvalue weighted by Gasteiger charge is -2.15. The maximum absolute atomic E-state index is 12.3. The van der Waals surface area contributed by atoms with Crippen LogP contribution in [0.5, 0.6) is 0 Å². The Bertz CT molecular complexity index is 825. The minimum atomic E-state index is -3.81. The highest BCUT2D eigenvalue weighted by Gasteiger charge is 2.24. The second kappa shape index (κ2) is 9.81. The molecule has 0 heterocycles. The highest BCUT2D eigenvalue weighted by Crippen LogP contribution is 2.22. The molecule has 27 heavy (non-hydrogen) atoms. The maximum atomic E-state index is 12.3. The van der Waals surface area contributed by atoms with Gasteiger partial charge in [0.05, 0.1) is 10.5 Å². The molecule has 0 unspecified atom stereocenters. The standard InChI is InChI=1S/C16H22BrN3O6S/c1-5-18-16(23)19-14(21)10(4)26-15(22)12-8-11(6-7-13(12)17)27(24,25)20-9(2)3/h6-10,20H,5H2,1-4H3,(H2,18,19,21,23)/t10-/m1/s1. The van der Waals surface area contributed by atoms with E-state index in [4.69, 9.17) is 4.74 Å². The Morgan fingerprint density at radius 2 is 1.81 bits per heavy atom. The third-order valence-electron chi connectivity index (χ3n) is 3.09. The van der Waals surface area contributed by atoms with Crippen LogP contribution in [0.3, 0.4) is 0 Å². The van der Waals surface area contributed by atoms with Crippen molar-refractivity contribution < 1.29 is 27.5 Å². The van der Waals surface area contributed by atoms with Gasteiger partial charge in [-0.25, -0.2) is 22.7 Å². The van der Waals surface area contributed by atoms with Crippen LogP contribution < -0.4 is 15.4 Å². The first kappa shape index (κ1) is 23.1. The summed E-state index contributed by atoms with van der Waals surface area (Å²) in [5.41, 5.74) is -0.0701. The van der Waals surface area contributed by atoms with Crippen LogP contribution in [0.25, 0.3) is 0 Å². The number of imide groups is 1. The molecule has 11 heteroatoms. The molecule has 1 aromatic rings. The van der Waals surface area contributed by atoms with Crippen molar-refractivity contribution in [2.45, 2.75) is 44.7 Å². The second-order valence-electron chi connectivity index (χ2n) is 5.81. The number of nitrogens with one attached hydrogen (secondary N) is 3. The van der Waals surface area contributed by atoms with E-state index in [1.807, 2.05) is 5.32 Å². The third-order valence-corrected chi connectivity index (χ3v) is 5.43. The third kappa shape index (κ3) is 6.92. The molecule has 9 nitrogen and oxygen atoms in total. The molecule has 0 aliphatic carbocycles. The van der Waals surface area contributed by atoms with E-state index in [-0.39, 0.29) is 16.5 Å². The van der Waals surface area contributed by atoms with Gasteiger partial charge >= 0.3 is 12.0 Å². The van der Waals surface area contributed by atoms with Gasteiger partial charge in [0, 0.05) is 17.1 Å². The zero-order valence-corrected chi connectivity index (χ0v) is 17.7. The zero-order chi connectivity index (χ0) is 20.8. The van der Waals surface area contributed by atoms with Crippen LogP contribution >= 0.6 is 15.9 Å². The monoisotopic (exact) mass is 463 g/mol. The largest absolute Gasteiger partial charge is 0.449 e. The minimum Gasteiger partial charge on any atom is -0.449 e. The summed E-state index contributed by atoms with van der Waals surface area (Å²) < 4.78 is 32.2. The molecule has 1 rings (SSSR count). The predicted octanol–water partition coefficient (Wildman–Crippen LogP) is 1.53. The van der Waals surface area contributed by atoms with Gasteiger partial charge in [-0.1, -0.05) is 0 Å². The molecule has 0 spiro atoms. The first-order valence-corrected chi connectivity index (χ1v) is 10.4. The van der Waals surface area contributed by atoms with Crippen molar-refractivity contribution in [3.63, 3.8) is 0 Å². The fourth-order valence-electron chi connectivity index (χ4n) is 1.90. The van der Waals surface area contributed by atoms with Crippen molar-refractivity contribution >= 4 is 43.9 Å². The SMILES string of the molecule is CCNC(=O)NC(=O)[C@@H](C)OC(=O)c1cc(S(=O)(=O)NC(C)C)ccc1Br. The van der Waals surface area contributed by atoms with Crippen molar-refractivity contribution in [2.24, 2.45) is 0 Å². The van der Waals surface area contributed by atoms with Crippen molar-refractivity contribution in [1.82, 2.24) is 15.4 Å². The Morgan fingerprint density at radius 3 is 2.37 bits per heavy atom. The summed E-state index contributed by atoms with van der Waals surface area (Å²) >= 11 is 3.16. The molecule has 0 aliphatic heterocycles. The van der Waals surface area contributed by atoms with Gasteiger partial charge in [-0.2, -0.15) is 0 Å². The topological polar surface area (TPSA) is 131 Å². The second-order valence-corrected chi connectivity index (χ2v) is 8.38. The van der Waals surface area contributed by atoms with Crippen LogP contribution in [0.2, 0.25) is 0 Å². The molecule has 1 aromatic carbocycles. The summed E-state index contributed by atoms with van der Waals surface area (Å²) in [6, 6.07) is 2.83. The average Bonchev–Trinajstić information content (AvgIpc) is 2.53. The van der Waals surface area contributed by atoms with Gasteiger partial charge < -0.3 is 10.1 Å². The van der Waals surface area contributed by atoms with Crippen LogP contribution in [-0.2, 0) is 19.6 Å². The molecule has 0 radical (unpaired) electrons. The van der Waals surface area contributed by atoms with Gasteiger partial charge in [-0.05, 0) is 61.8 Å². The fourth-order valence-corrected chi connectivity index (χ4v) is 3.59. The summed E-state index contributed by atoms with van der Waals surface area (Å²) in [6.07, 6.45) is -1.26. The number of carbonyl (C=O) groups is 3. The van der Waals surface area contributed by atoms with Gasteiger partial charge in [0.2, 0.25) is 10.0 Å². The highest BCUT2D eigenvalue weighted by atomic mass is 79.9. The van der Waals surface area contributed by atoms with Crippen LogP contribution in [0, 0.1) is 0 Å². The summed E-state index contributed by atoms with van der Waals surface area (Å²) in [4.78, 5) is 35.4. The van der Waals surface area contributed by atoms with E-state index >= 15 is 0 Å². The van der Waals surface area contributed by atoms with Crippen molar-refractivity contribution in [3.05, 3.63) is 28.2 Å². The molecule has 0 fully saturated rings. The van der Waals surface area contributed by atoms with E-state index in [1.165, 1.54) is 19.1 Å². The number of ether oxygens (including phenoxy) is 1. The quantitative estimate of drug-likeness (QED) is 0.525. The van der Waals surface area contributed by atoms with E-state index in [2.05, 4.69) is 26.0 Å². The predicted molar refractivity (Wildman–Crippen MR) is 102 cm³/mol. The molecule has 0 aromatic heterocycles. The lowest BCUT2D eigenvalue weighted by atomic mass is 10.2. The van der Waals surface area contributed by atoms with Crippen molar-refractivity contribution in [3.8, 4) is 0 Å². The first-order chi connectivity index (χ1) is 12.5. The Balaban J connectivity index is 2.96. The number of rotatable bonds is 7. The molecule has 1 atom stereocenters. The van der Waals surface area contributed by atoms with Crippen molar-refractivity contribution in [2.75, 3.05) is 6.54 Å². The lowest BCUT2D eigenvalue weighted by Crippen LogP contribution is -2.44. The number of halogens is 1. The van der Waals surface area contributed by atoms with E-state index < -0.39 is 34.0 Å². The number of urea groups is 1. The average molecular weight is 464 g/mol. The molecule has 3 N–H and O–H groups in total. The van der Waals surface area contributed by atoms with Crippen LogP contribution in [0.15, 0.2) is 27.6 Å². The smallest absolute Gasteiger partial charge is 0.340 e. The number of hydrogen-bond donors (Lipinski definition) is 3. The van der Waals surface area contributed by atoms with Crippen LogP contribution in [0.1, 0.15) is 38.1 Å². The van der Waals surface area contributed by atoms with Gasteiger partial charge in [-0.3, -0.25) is 10.1 Å².